The first kappa shape index (κ1) is 28.8. The lowest BCUT2D eigenvalue weighted by Gasteiger charge is -2.14. The molecule has 2 heterocycles. The fourth-order valence-electron chi connectivity index (χ4n) is 3.80. The molecule has 1 atom stereocenters. The second kappa shape index (κ2) is 12.6. The number of carbonyl (C=O) groups excluding carboxylic acids is 3. The van der Waals surface area contributed by atoms with E-state index in [1.165, 1.54) is 6.07 Å². The molecule has 15 heteroatoms. The SMILES string of the molecule is C[C@@H](CC(=O)NCCC(=O)O)NC(=O)c1ccc2c(c1)B(O)OC2.NC(=O)c1cc(F)c2c(c1)B(O)OC2. The molecule has 2 aromatic carbocycles. The number of hydrogen-bond acceptors (Lipinski definition) is 8. The van der Waals surface area contributed by atoms with Gasteiger partial charge in [-0.15, -0.1) is 0 Å². The fourth-order valence-corrected chi connectivity index (χ4v) is 3.80. The van der Waals surface area contributed by atoms with E-state index in [-0.39, 0.29) is 54.4 Å². The van der Waals surface area contributed by atoms with Crippen molar-refractivity contribution in [1.82, 2.24) is 10.6 Å². The lowest BCUT2D eigenvalue weighted by atomic mass is 9.78. The molecular formula is C23H26B2FN3O9. The lowest BCUT2D eigenvalue weighted by molar-refractivity contribution is -0.136. The molecule has 38 heavy (non-hydrogen) atoms. The Morgan fingerprint density at radius 3 is 2.39 bits per heavy atom. The third-order valence-corrected chi connectivity index (χ3v) is 5.77. The second-order valence-electron chi connectivity index (χ2n) is 8.70. The number of primary amides is 1. The van der Waals surface area contributed by atoms with E-state index in [0.29, 0.717) is 17.6 Å². The molecular weight excluding hydrogens is 503 g/mol. The molecule has 0 saturated heterocycles. The van der Waals surface area contributed by atoms with Gasteiger partial charge in [-0.2, -0.15) is 0 Å². The number of rotatable bonds is 8. The summed E-state index contributed by atoms with van der Waals surface area (Å²) in [5.41, 5.74) is 7.36. The molecule has 2 aromatic rings. The van der Waals surface area contributed by atoms with Crippen LogP contribution in [-0.4, -0.2) is 65.7 Å². The zero-order valence-electron chi connectivity index (χ0n) is 20.4. The van der Waals surface area contributed by atoms with Gasteiger partial charge in [0, 0.05) is 35.7 Å². The number of hydrogen-bond donors (Lipinski definition) is 6. The number of aliphatic carboxylic acids is 1. The highest BCUT2D eigenvalue weighted by Gasteiger charge is 2.31. The smallest absolute Gasteiger partial charge is 0.481 e. The van der Waals surface area contributed by atoms with Crippen LogP contribution in [-0.2, 0) is 32.1 Å². The van der Waals surface area contributed by atoms with E-state index < -0.39 is 38.0 Å². The number of carboxylic acids is 1. The van der Waals surface area contributed by atoms with Crippen LogP contribution in [0.15, 0.2) is 30.3 Å². The van der Waals surface area contributed by atoms with E-state index in [2.05, 4.69) is 10.6 Å². The summed E-state index contributed by atoms with van der Waals surface area (Å²) in [5, 5.41) is 32.6. The van der Waals surface area contributed by atoms with Gasteiger partial charge in [-0.1, -0.05) is 6.07 Å². The average Bonchev–Trinajstić information content (AvgIpc) is 3.41. The summed E-state index contributed by atoms with van der Waals surface area (Å²) in [6.07, 6.45) is -0.103. The third kappa shape index (κ3) is 7.38. The first-order chi connectivity index (χ1) is 18.0. The first-order valence-electron chi connectivity index (χ1n) is 11.6. The minimum atomic E-state index is -1.17. The number of amides is 3. The molecule has 0 aromatic heterocycles. The van der Waals surface area contributed by atoms with Crippen molar-refractivity contribution in [1.29, 1.82) is 0 Å². The number of benzene rings is 2. The maximum absolute atomic E-state index is 13.3. The van der Waals surface area contributed by atoms with Crippen molar-refractivity contribution in [3.63, 3.8) is 0 Å². The van der Waals surface area contributed by atoms with Crippen molar-refractivity contribution < 1.29 is 48.0 Å². The molecule has 12 nitrogen and oxygen atoms in total. The second-order valence-corrected chi connectivity index (χ2v) is 8.70. The Balaban J connectivity index is 0.000000241. The molecule has 2 aliphatic rings. The molecule has 0 fully saturated rings. The highest BCUT2D eigenvalue weighted by Crippen LogP contribution is 2.15. The van der Waals surface area contributed by atoms with Crippen LogP contribution < -0.4 is 27.3 Å². The predicted octanol–water partition coefficient (Wildman–Crippen LogP) is -1.85. The Kier molecular flexibility index (Phi) is 9.58. The van der Waals surface area contributed by atoms with E-state index in [1.807, 2.05) is 0 Å². The van der Waals surface area contributed by atoms with Gasteiger partial charge in [0.25, 0.3) is 5.91 Å². The molecule has 4 rings (SSSR count). The van der Waals surface area contributed by atoms with E-state index in [0.717, 1.165) is 11.6 Å². The standard InChI is InChI=1S/C15H19BN2O6.C8H7BFNO3/c1-9(6-13(19)17-5-4-14(20)21)18-15(22)10-2-3-11-8-24-16(23)12(11)7-10;10-7-2-4(8(11)12)1-6-5(7)3-14-9(6)13/h2-3,7,9,23H,4-6,8H2,1H3,(H,17,19)(H,18,22)(H,20,21);1-2,13H,3H2,(H2,11,12)/t9-;/m0./s1. The normalized spacial score (nSPS) is 14.1. The molecule has 0 unspecified atom stereocenters. The van der Waals surface area contributed by atoms with Crippen LogP contribution in [0.4, 0.5) is 4.39 Å². The van der Waals surface area contributed by atoms with Gasteiger partial charge in [0.1, 0.15) is 5.82 Å². The van der Waals surface area contributed by atoms with E-state index in [4.69, 9.17) is 20.1 Å². The monoisotopic (exact) mass is 529 g/mol. The van der Waals surface area contributed by atoms with Crippen molar-refractivity contribution in [3.05, 3.63) is 58.4 Å². The minimum Gasteiger partial charge on any atom is -0.481 e. The van der Waals surface area contributed by atoms with Crippen molar-refractivity contribution >= 4 is 48.9 Å². The third-order valence-electron chi connectivity index (χ3n) is 5.77. The minimum absolute atomic E-state index is 0.0153. The quantitative estimate of drug-likeness (QED) is 0.213. The average molecular weight is 529 g/mol. The zero-order valence-corrected chi connectivity index (χ0v) is 20.4. The molecule has 0 radical (unpaired) electrons. The van der Waals surface area contributed by atoms with E-state index in [9.17, 15) is 33.6 Å². The van der Waals surface area contributed by atoms with Gasteiger partial charge in [0.2, 0.25) is 11.8 Å². The molecule has 0 bridgehead atoms. The largest absolute Gasteiger partial charge is 0.491 e. The summed E-state index contributed by atoms with van der Waals surface area (Å²) in [6.45, 7) is 2.06. The van der Waals surface area contributed by atoms with Gasteiger partial charge in [0.15, 0.2) is 0 Å². The highest BCUT2D eigenvalue weighted by atomic mass is 19.1. The number of nitrogens with one attached hydrogen (secondary N) is 2. The molecule has 0 aliphatic carbocycles. The summed E-state index contributed by atoms with van der Waals surface area (Å²) in [4.78, 5) is 45.0. The van der Waals surface area contributed by atoms with Gasteiger partial charge in [-0.25, -0.2) is 4.39 Å². The molecule has 0 spiro atoms. The van der Waals surface area contributed by atoms with Crippen LogP contribution >= 0.6 is 0 Å². The summed E-state index contributed by atoms with van der Waals surface area (Å²) >= 11 is 0. The molecule has 7 N–H and O–H groups in total. The summed E-state index contributed by atoms with van der Waals surface area (Å²) in [6, 6.07) is 6.90. The van der Waals surface area contributed by atoms with Gasteiger partial charge in [-0.3, -0.25) is 19.2 Å². The number of fused-ring (bicyclic) bond motifs is 2. The summed E-state index contributed by atoms with van der Waals surface area (Å²) in [5.74, 6) is -2.98. The van der Waals surface area contributed by atoms with E-state index >= 15 is 0 Å². The molecule has 200 valence electrons. The first-order valence-corrected chi connectivity index (χ1v) is 11.6. The number of carboxylic acid groups (broad SMARTS) is 1. The Morgan fingerprint density at radius 1 is 1.05 bits per heavy atom. The Hall–Kier alpha value is -3.78. The van der Waals surface area contributed by atoms with Crippen LogP contribution in [0, 0.1) is 5.82 Å². The van der Waals surface area contributed by atoms with Gasteiger partial charge >= 0.3 is 20.2 Å². The predicted molar refractivity (Wildman–Crippen MR) is 133 cm³/mol. The molecule has 2 aliphatic heterocycles. The molecule has 3 amide bonds. The van der Waals surface area contributed by atoms with Crippen LogP contribution in [0.5, 0.6) is 0 Å². The van der Waals surface area contributed by atoms with Crippen molar-refractivity contribution in [2.45, 2.75) is 39.0 Å². The van der Waals surface area contributed by atoms with Crippen LogP contribution in [0.3, 0.4) is 0 Å². The molecule has 0 saturated carbocycles. The van der Waals surface area contributed by atoms with Gasteiger partial charge < -0.3 is 40.8 Å². The highest BCUT2D eigenvalue weighted by molar-refractivity contribution is 6.62. The Bertz CT molecular complexity index is 1250. The Morgan fingerprint density at radius 2 is 1.71 bits per heavy atom. The van der Waals surface area contributed by atoms with Crippen molar-refractivity contribution in [2.75, 3.05) is 6.54 Å². The number of halogens is 1. The van der Waals surface area contributed by atoms with Crippen LogP contribution in [0.2, 0.25) is 0 Å². The Labute approximate surface area is 217 Å². The van der Waals surface area contributed by atoms with Crippen LogP contribution in [0.25, 0.3) is 0 Å². The number of nitrogens with two attached hydrogens (primary N) is 1. The van der Waals surface area contributed by atoms with Crippen molar-refractivity contribution in [3.8, 4) is 0 Å². The van der Waals surface area contributed by atoms with E-state index in [1.54, 1.807) is 25.1 Å². The summed E-state index contributed by atoms with van der Waals surface area (Å²) in [7, 11) is -2.19. The summed E-state index contributed by atoms with van der Waals surface area (Å²) < 4.78 is 23.2. The topological polar surface area (TPSA) is 198 Å². The van der Waals surface area contributed by atoms with Crippen molar-refractivity contribution in [2.24, 2.45) is 5.73 Å². The van der Waals surface area contributed by atoms with Crippen LogP contribution in [0.1, 0.15) is 51.6 Å². The zero-order chi connectivity index (χ0) is 28.0. The lowest BCUT2D eigenvalue weighted by Crippen LogP contribution is -2.38. The maximum atomic E-state index is 13.3. The fraction of sp³-hybridized carbons (Fsp3) is 0.304. The van der Waals surface area contributed by atoms with Gasteiger partial charge in [0.05, 0.1) is 19.6 Å². The van der Waals surface area contributed by atoms with Gasteiger partial charge in [-0.05, 0) is 47.7 Å². The maximum Gasteiger partial charge on any atom is 0.491 e. The number of carbonyl (C=O) groups is 4.